The Kier molecular flexibility index (Phi) is 2.73. The Bertz CT molecular complexity index is 670. The molecule has 0 bridgehead atoms. The molecule has 0 saturated heterocycles. The standard InChI is InChI=1S/C15H12ClNO/c1-18-15-7-6-11(16)9-12(15)14-8-10-4-2-3-5-13(10)17-14/h2-9,17H,1H3. The van der Waals surface area contributed by atoms with Crippen LogP contribution in [-0.4, -0.2) is 12.1 Å². The summed E-state index contributed by atoms with van der Waals surface area (Å²) in [5.41, 5.74) is 3.09. The molecule has 1 heterocycles. The highest BCUT2D eigenvalue weighted by Gasteiger charge is 2.09. The van der Waals surface area contributed by atoms with Crippen LogP contribution in [0.3, 0.4) is 0 Å². The summed E-state index contributed by atoms with van der Waals surface area (Å²) in [6.07, 6.45) is 0. The maximum atomic E-state index is 6.05. The molecule has 3 heteroatoms. The van der Waals surface area contributed by atoms with Crippen LogP contribution in [0.2, 0.25) is 5.02 Å². The third-order valence-corrected chi connectivity index (χ3v) is 3.22. The molecule has 0 atom stereocenters. The number of H-pyrrole nitrogens is 1. The van der Waals surface area contributed by atoms with Crippen LogP contribution >= 0.6 is 11.6 Å². The number of benzene rings is 2. The van der Waals surface area contributed by atoms with E-state index in [1.54, 1.807) is 7.11 Å². The van der Waals surface area contributed by atoms with Crippen LogP contribution in [-0.2, 0) is 0 Å². The predicted molar refractivity (Wildman–Crippen MR) is 75.3 cm³/mol. The van der Waals surface area contributed by atoms with Crippen molar-refractivity contribution in [1.29, 1.82) is 0 Å². The molecule has 0 unspecified atom stereocenters. The molecule has 0 radical (unpaired) electrons. The number of aromatic amines is 1. The van der Waals surface area contributed by atoms with Gasteiger partial charge in [0.05, 0.1) is 12.8 Å². The van der Waals surface area contributed by atoms with Crippen LogP contribution in [0.25, 0.3) is 22.2 Å². The summed E-state index contributed by atoms with van der Waals surface area (Å²) in [6, 6.07) is 15.9. The minimum absolute atomic E-state index is 0.699. The van der Waals surface area contributed by atoms with E-state index in [2.05, 4.69) is 23.2 Å². The molecule has 18 heavy (non-hydrogen) atoms. The van der Waals surface area contributed by atoms with E-state index < -0.39 is 0 Å². The Morgan fingerprint density at radius 1 is 1.06 bits per heavy atom. The molecule has 0 aliphatic rings. The summed E-state index contributed by atoms with van der Waals surface area (Å²) in [5, 5.41) is 1.87. The Labute approximate surface area is 110 Å². The molecule has 3 rings (SSSR count). The van der Waals surface area contributed by atoms with Gasteiger partial charge in [0.25, 0.3) is 0 Å². The van der Waals surface area contributed by atoms with Crippen molar-refractivity contribution in [3.8, 4) is 17.0 Å². The van der Waals surface area contributed by atoms with Gasteiger partial charge in [-0.25, -0.2) is 0 Å². The molecule has 0 saturated carbocycles. The number of fused-ring (bicyclic) bond motifs is 1. The van der Waals surface area contributed by atoms with Crippen LogP contribution < -0.4 is 4.74 Å². The van der Waals surface area contributed by atoms with Crippen molar-refractivity contribution in [1.82, 2.24) is 4.98 Å². The zero-order valence-corrected chi connectivity index (χ0v) is 10.7. The van der Waals surface area contributed by atoms with Crippen LogP contribution in [0, 0.1) is 0 Å². The number of para-hydroxylation sites is 1. The Morgan fingerprint density at radius 3 is 2.67 bits per heavy atom. The average Bonchev–Trinajstić information content (AvgIpc) is 2.82. The quantitative estimate of drug-likeness (QED) is 0.719. The predicted octanol–water partition coefficient (Wildman–Crippen LogP) is 4.50. The monoisotopic (exact) mass is 257 g/mol. The number of halogens is 1. The highest BCUT2D eigenvalue weighted by molar-refractivity contribution is 6.31. The maximum Gasteiger partial charge on any atom is 0.128 e. The number of rotatable bonds is 2. The van der Waals surface area contributed by atoms with E-state index in [9.17, 15) is 0 Å². The SMILES string of the molecule is COc1ccc(Cl)cc1-c1cc2ccccc2[nH]1. The van der Waals surface area contributed by atoms with Gasteiger partial charge in [-0.15, -0.1) is 0 Å². The second-order valence-corrected chi connectivity index (χ2v) is 4.55. The van der Waals surface area contributed by atoms with Gasteiger partial charge in [0.15, 0.2) is 0 Å². The fourth-order valence-corrected chi connectivity index (χ4v) is 2.28. The number of aromatic nitrogens is 1. The van der Waals surface area contributed by atoms with Crippen molar-refractivity contribution in [2.24, 2.45) is 0 Å². The van der Waals surface area contributed by atoms with Gasteiger partial charge in [0.2, 0.25) is 0 Å². The van der Waals surface area contributed by atoms with Gasteiger partial charge in [-0.1, -0.05) is 29.8 Å². The van der Waals surface area contributed by atoms with Gasteiger partial charge < -0.3 is 9.72 Å². The second kappa shape index (κ2) is 4.39. The summed E-state index contributed by atoms with van der Waals surface area (Å²) < 4.78 is 5.37. The Hall–Kier alpha value is -1.93. The van der Waals surface area contributed by atoms with Crippen molar-refractivity contribution < 1.29 is 4.74 Å². The molecular weight excluding hydrogens is 246 g/mol. The van der Waals surface area contributed by atoms with E-state index in [4.69, 9.17) is 16.3 Å². The number of ether oxygens (including phenoxy) is 1. The molecule has 1 N–H and O–H groups in total. The lowest BCUT2D eigenvalue weighted by atomic mass is 10.1. The lowest BCUT2D eigenvalue weighted by Gasteiger charge is -2.06. The molecule has 0 spiro atoms. The number of hydrogen-bond acceptors (Lipinski definition) is 1. The van der Waals surface area contributed by atoms with Crippen molar-refractivity contribution in [3.63, 3.8) is 0 Å². The molecular formula is C15H12ClNO. The zero-order chi connectivity index (χ0) is 12.5. The number of methoxy groups -OCH3 is 1. The molecule has 3 aromatic rings. The van der Waals surface area contributed by atoms with E-state index in [0.29, 0.717) is 5.02 Å². The van der Waals surface area contributed by atoms with E-state index in [1.807, 2.05) is 30.3 Å². The minimum Gasteiger partial charge on any atom is -0.496 e. The van der Waals surface area contributed by atoms with Crippen LogP contribution in [0.15, 0.2) is 48.5 Å². The first-order chi connectivity index (χ1) is 8.78. The van der Waals surface area contributed by atoms with Crippen LogP contribution in [0.4, 0.5) is 0 Å². The van der Waals surface area contributed by atoms with Crippen molar-refractivity contribution in [2.45, 2.75) is 0 Å². The van der Waals surface area contributed by atoms with Gasteiger partial charge in [0, 0.05) is 21.5 Å². The third kappa shape index (κ3) is 1.85. The summed E-state index contributed by atoms with van der Waals surface area (Å²) in [5.74, 6) is 0.811. The van der Waals surface area contributed by atoms with Crippen molar-refractivity contribution in [2.75, 3.05) is 7.11 Å². The summed E-state index contributed by atoms with van der Waals surface area (Å²) in [7, 11) is 1.66. The zero-order valence-electron chi connectivity index (χ0n) is 9.91. The van der Waals surface area contributed by atoms with Gasteiger partial charge >= 0.3 is 0 Å². The average molecular weight is 258 g/mol. The Balaban J connectivity index is 2.22. The molecule has 2 nitrogen and oxygen atoms in total. The summed E-state index contributed by atoms with van der Waals surface area (Å²) in [6.45, 7) is 0. The fourth-order valence-electron chi connectivity index (χ4n) is 2.11. The largest absolute Gasteiger partial charge is 0.496 e. The van der Waals surface area contributed by atoms with E-state index in [1.165, 1.54) is 5.39 Å². The highest BCUT2D eigenvalue weighted by atomic mass is 35.5. The van der Waals surface area contributed by atoms with Gasteiger partial charge in [0.1, 0.15) is 5.75 Å². The van der Waals surface area contributed by atoms with Crippen LogP contribution in [0.1, 0.15) is 0 Å². The summed E-state index contributed by atoms with van der Waals surface area (Å²) >= 11 is 6.05. The highest BCUT2D eigenvalue weighted by Crippen LogP contribution is 2.33. The van der Waals surface area contributed by atoms with Gasteiger partial charge in [-0.2, -0.15) is 0 Å². The first-order valence-corrected chi connectivity index (χ1v) is 6.07. The van der Waals surface area contributed by atoms with E-state index in [-0.39, 0.29) is 0 Å². The van der Waals surface area contributed by atoms with Crippen molar-refractivity contribution >= 4 is 22.5 Å². The lowest BCUT2D eigenvalue weighted by molar-refractivity contribution is 0.416. The Morgan fingerprint density at radius 2 is 1.89 bits per heavy atom. The molecule has 0 aliphatic heterocycles. The molecule has 0 amide bonds. The summed E-state index contributed by atoms with van der Waals surface area (Å²) in [4.78, 5) is 3.38. The molecule has 0 aliphatic carbocycles. The van der Waals surface area contributed by atoms with E-state index in [0.717, 1.165) is 22.5 Å². The third-order valence-electron chi connectivity index (χ3n) is 2.98. The number of hydrogen-bond donors (Lipinski definition) is 1. The first-order valence-electron chi connectivity index (χ1n) is 5.69. The topological polar surface area (TPSA) is 25.0 Å². The second-order valence-electron chi connectivity index (χ2n) is 4.11. The normalized spacial score (nSPS) is 10.8. The molecule has 0 fully saturated rings. The molecule has 1 aromatic heterocycles. The molecule has 2 aromatic carbocycles. The molecule has 90 valence electrons. The van der Waals surface area contributed by atoms with Gasteiger partial charge in [-0.05, 0) is 30.3 Å². The fraction of sp³-hybridized carbons (Fsp3) is 0.0667. The van der Waals surface area contributed by atoms with E-state index >= 15 is 0 Å². The maximum absolute atomic E-state index is 6.05. The smallest absolute Gasteiger partial charge is 0.128 e. The van der Waals surface area contributed by atoms with Gasteiger partial charge in [-0.3, -0.25) is 0 Å². The minimum atomic E-state index is 0.699. The first kappa shape index (κ1) is 11.2. The number of nitrogens with one attached hydrogen (secondary N) is 1. The van der Waals surface area contributed by atoms with Crippen LogP contribution in [0.5, 0.6) is 5.75 Å². The van der Waals surface area contributed by atoms with Crippen molar-refractivity contribution in [3.05, 3.63) is 53.6 Å². The lowest BCUT2D eigenvalue weighted by Crippen LogP contribution is -1.87.